The molecule has 1 N–H and O–H groups in total. The van der Waals surface area contributed by atoms with E-state index in [0.29, 0.717) is 28.7 Å². The van der Waals surface area contributed by atoms with Crippen LogP contribution in [0, 0.1) is 0 Å². The number of rotatable bonds is 7. The number of unbranched alkanes of at least 4 members (excludes halogenated alkanes) is 3. The van der Waals surface area contributed by atoms with Crippen LogP contribution in [0.4, 0.5) is 0 Å². The van der Waals surface area contributed by atoms with E-state index in [9.17, 15) is 9.90 Å². The van der Waals surface area contributed by atoms with Crippen molar-refractivity contribution in [2.45, 2.75) is 25.7 Å². The number of aromatic hydroxyl groups is 1. The number of ether oxygens (including phenoxy) is 1. The minimum absolute atomic E-state index is 0.115. The molecule has 2 aromatic carbocycles. The van der Waals surface area contributed by atoms with Gasteiger partial charge in [0.2, 0.25) is 11.2 Å². The molecule has 4 nitrogen and oxygen atoms in total. The van der Waals surface area contributed by atoms with Crippen molar-refractivity contribution in [3.05, 3.63) is 46.6 Å². The summed E-state index contributed by atoms with van der Waals surface area (Å²) in [6.45, 7) is 0.527. The lowest BCUT2D eigenvalue weighted by Gasteiger charge is -2.10. The van der Waals surface area contributed by atoms with Gasteiger partial charge in [-0.3, -0.25) is 4.79 Å². The summed E-state index contributed by atoms with van der Waals surface area (Å²) in [5.74, 6) is 0.234. The van der Waals surface area contributed by atoms with Crippen LogP contribution < -0.4 is 10.2 Å². The Morgan fingerprint density at radius 3 is 2.62 bits per heavy atom. The number of hydrogen-bond acceptors (Lipinski definition) is 4. The maximum atomic E-state index is 12.5. The highest BCUT2D eigenvalue weighted by atomic mass is 79.9. The summed E-state index contributed by atoms with van der Waals surface area (Å²) in [4.78, 5) is 12.5. The van der Waals surface area contributed by atoms with Gasteiger partial charge in [-0.25, -0.2) is 0 Å². The lowest BCUT2D eigenvalue weighted by atomic mass is 10.1. The van der Waals surface area contributed by atoms with E-state index in [4.69, 9.17) is 9.15 Å². The Bertz CT molecular complexity index is 901. The maximum Gasteiger partial charge on any atom is 0.202 e. The Balaban J connectivity index is 1.85. The highest BCUT2D eigenvalue weighted by Gasteiger charge is 2.14. The van der Waals surface area contributed by atoms with Crippen molar-refractivity contribution >= 4 is 37.9 Å². The number of alkyl halides is 1. The molecule has 126 valence electrons. The molecule has 0 radical (unpaired) electrons. The smallest absolute Gasteiger partial charge is 0.202 e. The molecule has 0 aliphatic rings. The molecule has 0 bridgehead atoms. The molecule has 0 aliphatic carbocycles. The van der Waals surface area contributed by atoms with E-state index in [0.717, 1.165) is 31.0 Å². The van der Waals surface area contributed by atoms with Gasteiger partial charge < -0.3 is 14.3 Å². The summed E-state index contributed by atoms with van der Waals surface area (Å²) in [5.41, 5.74) is 0.483. The monoisotopic (exact) mass is 390 g/mol. The average Bonchev–Trinajstić information content (AvgIpc) is 2.60. The van der Waals surface area contributed by atoms with E-state index < -0.39 is 0 Å². The van der Waals surface area contributed by atoms with Gasteiger partial charge in [0.25, 0.3) is 0 Å². The summed E-state index contributed by atoms with van der Waals surface area (Å²) < 4.78 is 11.4. The van der Waals surface area contributed by atoms with Crippen molar-refractivity contribution in [1.82, 2.24) is 0 Å². The molecule has 0 saturated carbocycles. The predicted molar refractivity (Wildman–Crippen MR) is 99.4 cm³/mol. The zero-order valence-electron chi connectivity index (χ0n) is 13.3. The van der Waals surface area contributed by atoms with Gasteiger partial charge in [0.1, 0.15) is 5.58 Å². The van der Waals surface area contributed by atoms with E-state index in [1.807, 2.05) is 0 Å². The maximum absolute atomic E-state index is 12.5. The minimum Gasteiger partial charge on any atom is -0.502 e. The lowest BCUT2D eigenvalue weighted by molar-refractivity contribution is 0.289. The van der Waals surface area contributed by atoms with Crippen LogP contribution in [-0.2, 0) is 0 Å². The third-order valence-electron chi connectivity index (χ3n) is 3.97. The SMILES string of the molecule is O=c1c2ccccc2oc2c(O)c(OCCCCCCBr)ccc12. The number of fused-ring (bicyclic) bond motifs is 2. The average molecular weight is 391 g/mol. The zero-order chi connectivity index (χ0) is 16.9. The van der Waals surface area contributed by atoms with Crippen LogP contribution in [0.2, 0.25) is 0 Å². The van der Waals surface area contributed by atoms with Gasteiger partial charge in [-0.15, -0.1) is 0 Å². The first kappa shape index (κ1) is 16.8. The zero-order valence-corrected chi connectivity index (χ0v) is 14.8. The summed E-state index contributed by atoms with van der Waals surface area (Å²) in [6.07, 6.45) is 4.31. The van der Waals surface area contributed by atoms with Gasteiger partial charge in [0, 0.05) is 5.33 Å². The second kappa shape index (κ2) is 7.71. The van der Waals surface area contributed by atoms with Crippen molar-refractivity contribution in [3.63, 3.8) is 0 Å². The van der Waals surface area contributed by atoms with Crippen LogP contribution in [0.5, 0.6) is 11.5 Å². The number of phenols is 1. The Morgan fingerprint density at radius 2 is 1.79 bits per heavy atom. The fourth-order valence-electron chi connectivity index (χ4n) is 2.68. The molecule has 3 rings (SSSR count). The molecule has 0 aliphatic heterocycles. The first-order valence-electron chi connectivity index (χ1n) is 8.08. The third-order valence-corrected chi connectivity index (χ3v) is 4.53. The quantitative estimate of drug-likeness (QED) is 0.350. The van der Waals surface area contributed by atoms with Gasteiger partial charge in [-0.05, 0) is 37.1 Å². The second-order valence-corrected chi connectivity index (χ2v) is 6.46. The lowest BCUT2D eigenvalue weighted by Crippen LogP contribution is -2.03. The molecular formula is C19H19BrO4. The molecule has 0 spiro atoms. The first-order valence-corrected chi connectivity index (χ1v) is 9.21. The largest absolute Gasteiger partial charge is 0.502 e. The van der Waals surface area contributed by atoms with Crippen LogP contribution in [0.1, 0.15) is 25.7 Å². The van der Waals surface area contributed by atoms with Crippen molar-refractivity contribution in [2.24, 2.45) is 0 Å². The van der Waals surface area contributed by atoms with Gasteiger partial charge >= 0.3 is 0 Å². The molecule has 5 heteroatoms. The fourth-order valence-corrected chi connectivity index (χ4v) is 3.08. The van der Waals surface area contributed by atoms with Crippen LogP contribution in [0.15, 0.2) is 45.6 Å². The molecule has 0 atom stereocenters. The summed E-state index contributed by atoms with van der Waals surface area (Å²) >= 11 is 3.41. The van der Waals surface area contributed by atoms with E-state index in [-0.39, 0.29) is 16.8 Å². The summed E-state index contributed by atoms with van der Waals surface area (Å²) in [6, 6.07) is 10.3. The summed E-state index contributed by atoms with van der Waals surface area (Å²) in [5, 5.41) is 12.3. The van der Waals surface area contributed by atoms with Crippen molar-refractivity contribution < 1.29 is 14.3 Å². The molecule has 24 heavy (non-hydrogen) atoms. The number of para-hydroxylation sites is 1. The Kier molecular flexibility index (Phi) is 5.41. The molecule has 3 aromatic rings. The molecule has 0 amide bonds. The number of halogens is 1. The minimum atomic E-state index is -0.150. The molecule has 0 fully saturated rings. The number of hydrogen-bond donors (Lipinski definition) is 1. The fraction of sp³-hybridized carbons (Fsp3) is 0.316. The van der Waals surface area contributed by atoms with E-state index in [1.165, 1.54) is 0 Å². The van der Waals surface area contributed by atoms with E-state index >= 15 is 0 Å². The highest BCUT2D eigenvalue weighted by molar-refractivity contribution is 9.09. The van der Waals surface area contributed by atoms with Gasteiger partial charge in [-0.1, -0.05) is 40.9 Å². The Labute approximate surface area is 148 Å². The molecule has 1 aromatic heterocycles. The van der Waals surface area contributed by atoms with Crippen molar-refractivity contribution in [2.75, 3.05) is 11.9 Å². The van der Waals surface area contributed by atoms with Gasteiger partial charge in [0.15, 0.2) is 11.3 Å². The van der Waals surface area contributed by atoms with Crippen LogP contribution in [-0.4, -0.2) is 17.0 Å². The predicted octanol–water partition coefficient (Wildman–Crippen LogP) is 4.99. The standard InChI is InChI=1S/C19H19BrO4/c20-11-5-1-2-6-12-23-16-10-9-14-17(21)13-7-3-4-8-15(13)24-19(14)18(16)22/h3-4,7-10,22H,1-2,5-6,11-12H2. The highest BCUT2D eigenvalue weighted by Crippen LogP contribution is 2.34. The van der Waals surface area contributed by atoms with Crippen molar-refractivity contribution in [1.29, 1.82) is 0 Å². The number of phenolic OH excluding ortho intramolecular Hbond substituents is 1. The van der Waals surface area contributed by atoms with Crippen LogP contribution >= 0.6 is 15.9 Å². The molecular weight excluding hydrogens is 372 g/mol. The van der Waals surface area contributed by atoms with Gasteiger partial charge in [0.05, 0.1) is 17.4 Å². The van der Waals surface area contributed by atoms with E-state index in [2.05, 4.69) is 15.9 Å². The van der Waals surface area contributed by atoms with Gasteiger partial charge in [-0.2, -0.15) is 0 Å². The number of benzene rings is 2. The third kappa shape index (κ3) is 3.41. The summed E-state index contributed by atoms with van der Waals surface area (Å²) in [7, 11) is 0. The Morgan fingerprint density at radius 1 is 1.00 bits per heavy atom. The Hall–Kier alpha value is -2.01. The normalized spacial score (nSPS) is 11.2. The second-order valence-electron chi connectivity index (χ2n) is 5.67. The topological polar surface area (TPSA) is 59.7 Å². The van der Waals surface area contributed by atoms with Crippen LogP contribution in [0.3, 0.4) is 0 Å². The molecule has 1 heterocycles. The van der Waals surface area contributed by atoms with Crippen LogP contribution in [0.25, 0.3) is 21.9 Å². The molecule has 0 unspecified atom stereocenters. The van der Waals surface area contributed by atoms with Crippen molar-refractivity contribution in [3.8, 4) is 11.5 Å². The molecule has 0 saturated heterocycles. The van der Waals surface area contributed by atoms with E-state index in [1.54, 1.807) is 36.4 Å². The first-order chi connectivity index (χ1) is 11.7.